The second-order valence-corrected chi connectivity index (χ2v) is 6.43. The Hall–Kier alpha value is -2.88. The van der Waals surface area contributed by atoms with Crippen LogP contribution in [0.3, 0.4) is 0 Å². The first-order valence-electron chi connectivity index (χ1n) is 6.16. The summed E-state index contributed by atoms with van der Waals surface area (Å²) in [6, 6.07) is 6.02. The van der Waals surface area contributed by atoms with Gasteiger partial charge in [0.25, 0.3) is 11.6 Å². The predicted octanol–water partition coefficient (Wildman–Crippen LogP) is 1.85. The van der Waals surface area contributed by atoms with Crippen LogP contribution in [-0.2, 0) is 9.84 Å². The molecule has 2 rings (SSSR count). The molecule has 2 aromatic rings. The molecule has 10 heteroatoms. The number of nitro benzene ring substituents is 1. The molecule has 23 heavy (non-hydrogen) atoms. The number of benzene rings is 1. The van der Waals surface area contributed by atoms with Gasteiger partial charge in [-0.05, 0) is 18.2 Å². The molecule has 0 bridgehead atoms. The minimum absolute atomic E-state index is 0.0593. The molecular weight excluding hydrogens is 328 g/mol. The first kappa shape index (κ1) is 16.5. The molecule has 0 aliphatic heterocycles. The highest BCUT2D eigenvalue weighted by atomic mass is 32.2. The molecule has 0 saturated carbocycles. The summed E-state index contributed by atoms with van der Waals surface area (Å²) in [4.78, 5) is 22.2. The van der Waals surface area contributed by atoms with E-state index in [-0.39, 0.29) is 28.0 Å². The third kappa shape index (κ3) is 3.66. The average Bonchev–Trinajstić information content (AvgIpc) is 2.97. The highest BCUT2D eigenvalue weighted by Gasteiger charge is 2.19. The van der Waals surface area contributed by atoms with Crippen LogP contribution in [0.25, 0.3) is 0 Å². The Morgan fingerprint density at radius 1 is 1.30 bits per heavy atom. The van der Waals surface area contributed by atoms with Gasteiger partial charge in [0.05, 0.1) is 17.7 Å². The molecule has 1 heterocycles. The van der Waals surface area contributed by atoms with Gasteiger partial charge in [0.1, 0.15) is 5.75 Å². The molecule has 1 amide bonds. The van der Waals surface area contributed by atoms with Gasteiger partial charge < -0.3 is 14.5 Å². The fourth-order valence-electron chi connectivity index (χ4n) is 1.73. The Morgan fingerprint density at radius 2 is 2.00 bits per heavy atom. The van der Waals surface area contributed by atoms with E-state index in [1.54, 1.807) is 0 Å². The van der Waals surface area contributed by atoms with Crippen LogP contribution in [0.1, 0.15) is 10.6 Å². The van der Waals surface area contributed by atoms with Crippen molar-refractivity contribution in [1.82, 2.24) is 0 Å². The fraction of sp³-hybridized carbons (Fsp3) is 0.154. The van der Waals surface area contributed by atoms with Gasteiger partial charge >= 0.3 is 0 Å². The zero-order chi connectivity index (χ0) is 17.2. The van der Waals surface area contributed by atoms with Crippen LogP contribution < -0.4 is 10.1 Å². The summed E-state index contributed by atoms with van der Waals surface area (Å²) in [5.41, 5.74) is -0.179. The van der Waals surface area contributed by atoms with Crippen molar-refractivity contribution in [2.24, 2.45) is 0 Å². The predicted molar refractivity (Wildman–Crippen MR) is 79.4 cm³/mol. The van der Waals surface area contributed by atoms with Crippen molar-refractivity contribution >= 4 is 27.1 Å². The van der Waals surface area contributed by atoms with Gasteiger partial charge in [-0.2, -0.15) is 0 Å². The molecule has 122 valence electrons. The molecular formula is C13H12N2O7S. The Kier molecular flexibility index (Phi) is 4.36. The second-order valence-electron chi connectivity index (χ2n) is 4.49. The number of non-ortho nitro benzene ring substituents is 1. The number of anilines is 1. The number of hydrogen-bond acceptors (Lipinski definition) is 7. The number of methoxy groups -OCH3 is 1. The quantitative estimate of drug-likeness (QED) is 0.649. The van der Waals surface area contributed by atoms with Gasteiger partial charge in [-0.3, -0.25) is 14.9 Å². The van der Waals surface area contributed by atoms with Crippen LogP contribution in [0.15, 0.2) is 39.8 Å². The summed E-state index contributed by atoms with van der Waals surface area (Å²) < 4.78 is 32.6. The van der Waals surface area contributed by atoms with Crippen LogP contribution >= 0.6 is 0 Å². The van der Waals surface area contributed by atoms with E-state index in [4.69, 9.17) is 9.15 Å². The SMILES string of the molecule is COc1ccc([N+](=O)[O-])cc1NC(=O)c1ccc(S(C)(=O)=O)o1. The van der Waals surface area contributed by atoms with E-state index in [1.807, 2.05) is 0 Å². The first-order valence-corrected chi connectivity index (χ1v) is 8.05. The normalized spacial score (nSPS) is 11.0. The smallest absolute Gasteiger partial charge is 0.291 e. The molecule has 0 saturated heterocycles. The topological polar surface area (TPSA) is 129 Å². The molecule has 0 spiro atoms. The maximum Gasteiger partial charge on any atom is 0.291 e. The standard InChI is InChI=1S/C13H12N2O7S/c1-21-10-4-3-8(15(17)18)7-9(10)14-13(16)11-5-6-12(22-11)23(2,19)20/h3-7H,1-2H3,(H,14,16). The number of rotatable bonds is 5. The van der Waals surface area contributed by atoms with Gasteiger partial charge in [0.2, 0.25) is 14.9 Å². The van der Waals surface area contributed by atoms with Crippen LogP contribution in [0.2, 0.25) is 0 Å². The highest BCUT2D eigenvalue weighted by molar-refractivity contribution is 7.90. The Morgan fingerprint density at radius 3 is 2.52 bits per heavy atom. The summed E-state index contributed by atoms with van der Waals surface area (Å²) in [5.74, 6) is -0.809. The fourth-order valence-corrected chi connectivity index (χ4v) is 2.29. The molecule has 9 nitrogen and oxygen atoms in total. The lowest BCUT2D eigenvalue weighted by Gasteiger charge is -2.08. The van der Waals surface area contributed by atoms with Crippen LogP contribution in [0.4, 0.5) is 11.4 Å². The maximum atomic E-state index is 12.1. The van der Waals surface area contributed by atoms with Crippen molar-refractivity contribution in [1.29, 1.82) is 0 Å². The Labute approximate surface area is 130 Å². The van der Waals surface area contributed by atoms with Crippen molar-refractivity contribution in [3.8, 4) is 5.75 Å². The van der Waals surface area contributed by atoms with E-state index in [1.165, 1.54) is 25.3 Å². The number of amides is 1. The minimum atomic E-state index is -3.58. The van der Waals surface area contributed by atoms with E-state index in [0.29, 0.717) is 0 Å². The van der Waals surface area contributed by atoms with Crippen molar-refractivity contribution in [3.63, 3.8) is 0 Å². The van der Waals surface area contributed by atoms with Gasteiger partial charge in [0.15, 0.2) is 5.76 Å². The van der Waals surface area contributed by atoms with Gasteiger partial charge in [0, 0.05) is 18.4 Å². The summed E-state index contributed by atoms with van der Waals surface area (Å²) in [7, 11) is -2.24. The van der Waals surface area contributed by atoms with E-state index < -0.39 is 20.7 Å². The minimum Gasteiger partial charge on any atom is -0.495 e. The lowest BCUT2D eigenvalue weighted by molar-refractivity contribution is -0.384. The highest BCUT2D eigenvalue weighted by Crippen LogP contribution is 2.29. The van der Waals surface area contributed by atoms with Crippen LogP contribution in [0, 0.1) is 10.1 Å². The zero-order valence-corrected chi connectivity index (χ0v) is 12.9. The third-order valence-electron chi connectivity index (χ3n) is 2.81. The van der Waals surface area contributed by atoms with Crippen molar-refractivity contribution < 1.29 is 27.3 Å². The zero-order valence-electron chi connectivity index (χ0n) is 12.1. The molecule has 1 aromatic carbocycles. The van der Waals surface area contributed by atoms with Gasteiger partial charge in [-0.1, -0.05) is 0 Å². The summed E-state index contributed by atoms with van der Waals surface area (Å²) in [6.45, 7) is 0. The molecule has 0 unspecified atom stereocenters. The molecule has 0 atom stereocenters. The first-order chi connectivity index (χ1) is 10.7. The van der Waals surface area contributed by atoms with E-state index in [2.05, 4.69) is 5.32 Å². The summed E-state index contributed by atoms with van der Waals surface area (Å²) >= 11 is 0. The number of ether oxygens (including phenoxy) is 1. The van der Waals surface area contributed by atoms with Crippen molar-refractivity contribution in [2.45, 2.75) is 5.09 Å². The van der Waals surface area contributed by atoms with Crippen molar-refractivity contribution in [2.75, 3.05) is 18.7 Å². The molecule has 1 aromatic heterocycles. The van der Waals surface area contributed by atoms with Gasteiger partial charge in [-0.25, -0.2) is 8.42 Å². The lowest BCUT2D eigenvalue weighted by atomic mass is 10.2. The molecule has 1 N–H and O–H groups in total. The molecule has 0 aliphatic carbocycles. The van der Waals surface area contributed by atoms with E-state index >= 15 is 0 Å². The number of nitrogens with zero attached hydrogens (tertiary/aromatic N) is 1. The molecule has 0 aliphatic rings. The lowest BCUT2D eigenvalue weighted by Crippen LogP contribution is -2.12. The number of nitro groups is 1. The van der Waals surface area contributed by atoms with Crippen molar-refractivity contribution in [3.05, 3.63) is 46.2 Å². The number of furan rings is 1. The number of carbonyl (C=O) groups is 1. The summed E-state index contributed by atoms with van der Waals surface area (Å²) in [6.07, 6.45) is 0.942. The van der Waals surface area contributed by atoms with E-state index in [9.17, 15) is 23.3 Å². The Bertz CT molecular complexity index is 870. The van der Waals surface area contributed by atoms with E-state index in [0.717, 1.165) is 18.4 Å². The van der Waals surface area contributed by atoms with Crippen LogP contribution in [-0.4, -0.2) is 32.6 Å². The number of carbonyl (C=O) groups excluding carboxylic acids is 1. The maximum absolute atomic E-state index is 12.1. The number of nitrogens with one attached hydrogen (secondary N) is 1. The number of hydrogen-bond donors (Lipinski definition) is 1. The van der Waals surface area contributed by atoms with Gasteiger partial charge in [-0.15, -0.1) is 0 Å². The summed E-state index contributed by atoms with van der Waals surface area (Å²) in [5, 5.41) is 12.8. The molecule has 0 fully saturated rings. The van der Waals surface area contributed by atoms with Crippen LogP contribution in [0.5, 0.6) is 5.75 Å². The largest absolute Gasteiger partial charge is 0.495 e. The monoisotopic (exact) mass is 340 g/mol. The average molecular weight is 340 g/mol. The number of sulfone groups is 1. The molecule has 0 radical (unpaired) electrons. The third-order valence-corrected chi connectivity index (χ3v) is 3.76. The Balaban J connectivity index is 2.31. The second kappa shape index (κ2) is 6.08.